The summed E-state index contributed by atoms with van der Waals surface area (Å²) in [6, 6.07) is 0.679. The van der Waals surface area contributed by atoms with Gasteiger partial charge in [-0.2, -0.15) is 0 Å². The molecule has 0 aromatic carbocycles. The van der Waals surface area contributed by atoms with Crippen LogP contribution >= 0.6 is 11.9 Å². The van der Waals surface area contributed by atoms with Gasteiger partial charge in [-0.25, -0.2) is 0 Å². The summed E-state index contributed by atoms with van der Waals surface area (Å²) < 4.78 is 3.26. The van der Waals surface area contributed by atoms with Crippen LogP contribution in [0.2, 0.25) is 0 Å². The van der Waals surface area contributed by atoms with Crippen LogP contribution in [-0.4, -0.2) is 25.4 Å². The highest BCUT2D eigenvalue weighted by molar-refractivity contribution is 7.96. The lowest BCUT2D eigenvalue weighted by atomic mass is 10.0. The first-order chi connectivity index (χ1) is 7.16. The van der Waals surface area contributed by atoms with Gasteiger partial charge in [0, 0.05) is 12.6 Å². The third kappa shape index (κ3) is 12.2. The zero-order valence-electron chi connectivity index (χ0n) is 10.8. The molecule has 3 heteroatoms. The SMILES string of the molecule is CSNCCCNC(C)CCCC(C)C. The molecule has 0 rings (SSSR count). The summed E-state index contributed by atoms with van der Waals surface area (Å²) in [5, 5.41) is 3.57. The second-order valence-electron chi connectivity index (χ2n) is 4.63. The predicted octanol–water partition coefficient (Wildman–Crippen LogP) is 3.05. The normalized spacial score (nSPS) is 13.4. The van der Waals surface area contributed by atoms with Crippen molar-refractivity contribution in [2.45, 2.75) is 52.5 Å². The Kier molecular flexibility index (Phi) is 11.0. The molecular weight excluding hydrogens is 204 g/mol. The van der Waals surface area contributed by atoms with E-state index in [1.807, 2.05) is 0 Å². The fraction of sp³-hybridized carbons (Fsp3) is 1.00. The Morgan fingerprint density at radius 2 is 1.73 bits per heavy atom. The van der Waals surface area contributed by atoms with Gasteiger partial charge in [0.25, 0.3) is 0 Å². The van der Waals surface area contributed by atoms with E-state index in [0.29, 0.717) is 6.04 Å². The van der Waals surface area contributed by atoms with Crippen LogP contribution in [-0.2, 0) is 0 Å². The Hall–Kier alpha value is 0.270. The van der Waals surface area contributed by atoms with Gasteiger partial charge in [-0.15, -0.1) is 0 Å². The molecule has 2 nitrogen and oxygen atoms in total. The molecule has 0 aromatic rings. The van der Waals surface area contributed by atoms with E-state index in [1.165, 1.54) is 25.7 Å². The van der Waals surface area contributed by atoms with Crippen molar-refractivity contribution in [3.05, 3.63) is 0 Å². The molecule has 2 N–H and O–H groups in total. The van der Waals surface area contributed by atoms with E-state index in [1.54, 1.807) is 11.9 Å². The molecular formula is C12H28N2S. The van der Waals surface area contributed by atoms with Gasteiger partial charge in [-0.05, 0) is 38.5 Å². The molecule has 15 heavy (non-hydrogen) atoms. The van der Waals surface area contributed by atoms with E-state index in [0.717, 1.165) is 19.0 Å². The molecule has 0 fully saturated rings. The summed E-state index contributed by atoms with van der Waals surface area (Å²) in [7, 11) is 0. The summed E-state index contributed by atoms with van der Waals surface area (Å²) in [5.41, 5.74) is 0. The summed E-state index contributed by atoms with van der Waals surface area (Å²) in [4.78, 5) is 0. The van der Waals surface area contributed by atoms with Crippen molar-refractivity contribution >= 4 is 11.9 Å². The molecule has 0 aliphatic rings. The van der Waals surface area contributed by atoms with Crippen molar-refractivity contribution in [3.63, 3.8) is 0 Å². The molecule has 1 unspecified atom stereocenters. The van der Waals surface area contributed by atoms with Gasteiger partial charge in [0.2, 0.25) is 0 Å². The van der Waals surface area contributed by atoms with E-state index in [9.17, 15) is 0 Å². The van der Waals surface area contributed by atoms with Gasteiger partial charge < -0.3 is 5.32 Å². The first-order valence-corrected chi connectivity index (χ1v) is 7.38. The number of rotatable bonds is 10. The van der Waals surface area contributed by atoms with Crippen LogP contribution < -0.4 is 10.0 Å². The fourth-order valence-electron chi connectivity index (χ4n) is 1.55. The topological polar surface area (TPSA) is 24.1 Å². The zero-order chi connectivity index (χ0) is 11.5. The number of hydrogen-bond donors (Lipinski definition) is 2. The lowest BCUT2D eigenvalue weighted by molar-refractivity contribution is 0.455. The van der Waals surface area contributed by atoms with Crippen molar-refractivity contribution < 1.29 is 0 Å². The van der Waals surface area contributed by atoms with Crippen molar-refractivity contribution in [1.82, 2.24) is 10.0 Å². The number of nitrogens with one attached hydrogen (secondary N) is 2. The maximum absolute atomic E-state index is 3.57. The van der Waals surface area contributed by atoms with Gasteiger partial charge in [0.05, 0.1) is 0 Å². The highest BCUT2D eigenvalue weighted by atomic mass is 32.2. The summed E-state index contributed by atoms with van der Waals surface area (Å²) >= 11 is 1.70. The van der Waals surface area contributed by atoms with Crippen LogP contribution in [0.5, 0.6) is 0 Å². The molecule has 0 aliphatic heterocycles. The van der Waals surface area contributed by atoms with E-state index >= 15 is 0 Å². The minimum atomic E-state index is 0.679. The standard InChI is InChI=1S/C12H28N2S/c1-11(2)7-5-8-12(3)13-9-6-10-14-15-4/h11-14H,5-10H2,1-4H3. The highest BCUT2D eigenvalue weighted by Crippen LogP contribution is 2.07. The molecule has 92 valence electrons. The van der Waals surface area contributed by atoms with Crippen LogP contribution in [0, 0.1) is 5.92 Å². The molecule has 1 atom stereocenters. The Labute approximate surface area is 100 Å². The third-order valence-electron chi connectivity index (χ3n) is 2.51. The van der Waals surface area contributed by atoms with Crippen molar-refractivity contribution in [2.24, 2.45) is 5.92 Å². The molecule has 0 aliphatic carbocycles. The average Bonchev–Trinajstić information content (AvgIpc) is 2.17. The molecule has 0 saturated heterocycles. The van der Waals surface area contributed by atoms with Crippen molar-refractivity contribution in [1.29, 1.82) is 0 Å². The fourth-order valence-corrected chi connectivity index (χ4v) is 1.89. The summed E-state index contributed by atoms with van der Waals surface area (Å²) in [5.74, 6) is 0.850. The zero-order valence-corrected chi connectivity index (χ0v) is 11.6. The van der Waals surface area contributed by atoms with Crippen LogP contribution in [0.3, 0.4) is 0 Å². The van der Waals surface area contributed by atoms with Gasteiger partial charge in [-0.3, -0.25) is 4.72 Å². The van der Waals surface area contributed by atoms with E-state index in [4.69, 9.17) is 0 Å². The molecule has 0 saturated carbocycles. The maximum atomic E-state index is 3.57. The monoisotopic (exact) mass is 232 g/mol. The van der Waals surface area contributed by atoms with Crippen molar-refractivity contribution in [2.75, 3.05) is 19.3 Å². The number of hydrogen-bond acceptors (Lipinski definition) is 3. The quantitative estimate of drug-likeness (QED) is 0.447. The van der Waals surface area contributed by atoms with Crippen LogP contribution in [0.4, 0.5) is 0 Å². The maximum Gasteiger partial charge on any atom is 0.00705 e. The Morgan fingerprint density at radius 1 is 1.00 bits per heavy atom. The lowest BCUT2D eigenvalue weighted by Gasteiger charge is -2.14. The molecule has 0 bridgehead atoms. The van der Waals surface area contributed by atoms with Crippen LogP contribution in [0.15, 0.2) is 0 Å². The van der Waals surface area contributed by atoms with Gasteiger partial charge >= 0.3 is 0 Å². The summed E-state index contributed by atoms with van der Waals surface area (Å²) in [6.07, 6.45) is 7.32. The summed E-state index contributed by atoms with van der Waals surface area (Å²) in [6.45, 7) is 9.13. The van der Waals surface area contributed by atoms with Crippen molar-refractivity contribution in [3.8, 4) is 0 Å². The lowest BCUT2D eigenvalue weighted by Crippen LogP contribution is -2.28. The van der Waals surface area contributed by atoms with E-state index in [-0.39, 0.29) is 0 Å². The van der Waals surface area contributed by atoms with E-state index in [2.05, 4.69) is 37.1 Å². The predicted molar refractivity (Wildman–Crippen MR) is 72.3 cm³/mol. The van der Waals surface area contributed by atoms with Crippen LogP contribution in [0.25, 0.3) is 0 Å². The largest absolute Gasteiger partial charge is 0.314 e. The Bertz CT molecular complexity index is 129. The molecule has 0 spiro atoms. The molecule has 0 radical (unpaired) electrons. The second-order valence-corrected chi connectivity index (χ2v) is 5.33. The average molecular weight is 232 g/mol. The van der Waals surface area contributed by atoms with Gasteiger partial charge in [0.1, 0.15) is 0 Å². The third-order valence-corrected chi connectivity index (χ3v) is 3.00. The van der Waals surface area contributed by atoms with E-state index < -0.39 is 0 Å². The van der Waals surface area contributed by atoms with Gasteiger partial charge in [0.15, 0.2) is 0 Å². The minimum absolute atomic E-state index is 0.679. The van der Waals surface area contributed by atoms with Crippen LogP contribution in [0.1, 0.15) is 46.5 Å². The molecule has 0 amide bonds. The Balaban J connectivity index is 3.15. The smallest absolute Gasteiger partial charge is 0.00705 e. The minimum Gasteiger partial charge on any atom is -0.314 e. The Morgan fingerprint density at radius 3 is 2.33 bits per heavy atom. The second kappa shape index (κ2) is 10.8. The molecule has 0 aromatic heterocycles. The first kappa shape index (κ1) is 15.3. The van der Waals surface area contributed by atoms with Gasteiger partial charge in [-0.1, -0.05) is 38.6 Å². The molecule has 0 heterocycles. The first-order valence-electron chi connectivity index (χ1n) is 6.16. The highest BCUT2D eigenvalue weighted by Gasteiger charge is 2.01.